The third-order valence-corrected chi connectivity index (χ3v) is 4.01. The van der Waals surface area contributed by atoms with Crippen molar-refractivity contribution in [2.45, 2.75) is 46.1 Å². The van der Waals surface area contributed by atoms with E-state index in [1.54, 1.807) is 0 Å². The second-order valence-electron chi connectivity index (χ2n) is 5.16. The molecule has 0 spiro atoms. The van der Waals surface area contributed by atoms with Crippen LogP contribution in [0.2, 0.25) is 0 Å². The average molecular weight is 249 g/mol. The highest BCUT2D eigenvalue weighted by atomic mass is 15.3. The monoisotopic (exact) mass is 249 g/mol. The molecular weight excluding hydrogens is 226 g/mol. The SMILES string of the molecule is CCC1CCN(c2nnc(C)c(C)n2)C(CN)C1. The van der Waals surface area contributed by atoms with Gasteiger partial charge in [0.05, 0.1) is 11.4 Å². The van der Waals surface area contributed by atoms with E-state index in [0.29, 0.717) is 12.6 Å². The van der Waals surface area contributed by atoms with Gasteiger partial charge in [-0.05, 0) is 32.6 Å². The maximum absolute atomic E-state index is 5.90. The van der Waals surface area contributed by atoms with Gasteiger partial charge in [0.1, 0.15) is 0 Å². The summed E-state index contributed by atoms with van der Waals surface area (Å²) < 4.78 is 0. The van der Waals surface area contributed by atoms with Crippen LogP contribution >= 0.6 is 0 Å². The van der Waals surface area contributed by atoms with Crippen LogP contribution in [0.25, 0.3) is 0 Å². The Balaban J connectivity index is 2.18. The largest absolute Gasteiger partial charge is 0.335 e. The first-order valence-corrected chi connectivity index (χ1v) is 6.80. The first-order chi connectivity index (χ1) is 8.65. The Morgan fingerprint density at radius 1 is 1.28 bits per heavy atom. The molecule has 0 aliphatic carbocycles. The summed E-state index contributed by atoms with van der Waals surface area (Å²) in [6.45, 7) is 7.81. The molecule has 1 fully saturated rings. The van der Waals surface area contributed by atoms with Gasteiger partial charge in [0, 0.05) is 19.1 Å². The number of piperidine rings is 1. The van der Waals surface area contributed by atoms with Crippen LogP contribution in [0.3, 0.4) is 0 Å². The molecule has 1 aliphatic rings. The molecule has 1 aliphatic heterocycles. The minimum absolute atomic E-state index is 0.354. The van der Waals surface area contributed by atoms with Gasteiger partial charge in [0.2, 0.25) is 5.95 Å². The van der Waals surface area contributed by atoms with E-state index in [-0.39, 0.29) is 0 Å². The maximum atomic E-state index is 5.90. The Morgan fingerprint density at radius 2 is 2.06 bits per heavy atom. The van der Waals surface area contributed by atoms with Crippen LogP contribution in [0.1, 0.15) is 37.6 Å². The smallest absolute Gasteiger partial charge is 0.245 e. The van der Waals surface area contributed by atoms with Crippen molar-refractivity contribution in [1.29, 1.82) is 0 Å². The topological polar surface area (TPSA) is 67.9 Å². The lowest BCUT2D eigenvalue weighted by molar-refractivity contribution is 0.332. The van der Waals surface area contributed by atoms with Crippen LogP contribution in [0.15, 0.2) is 0 Å². The Kier molecular flexibility index (Phi) is 4.11. The van der Waals surface area contributed by atoms with Crippen LogP contribution < -0.4 is 10.6 Å². The van der Waals surface area contributed by atoms with Gasteiger partial charge in [-0.1, -0.05) is 13.3 Å². The van der Waals surface area contributed by atoms with Crippen LogP contribution in [0.5, 0.6) is 0 Å². The van der Waals surface area contributed by atoms with Gasteiger partial charge < -0.3 is 10.6 Å². The molecule has 2 rings (SSSR count). The number of hydrogen-bond acceptors (Lipinski definition) is 5. The lowest BCUT2D eigenvalue weighted by Crippen LogP contribution is -2.47. The molecule has 0 amide bonds. The zero-order valence-electron chi connectivity index (χ0n) is 11.6. The van der Waals surface area contributed by atoms with E-state index in [4.69, 9.17) is 5.73 Å². The highest BCUT2D eigenvalue weighted by Crippen LogP contribution is 2.27. The molecule has 0 saturated carbocycles. The first-order valence-electron chi connectivity index (χ1n) is 6.80. The molecule has 18 heavy (non-hydrogen) atoms. The minimum atomic E-state index is 0.354. The van der Waals surface area contributed by atoms with Crippen molar-refractivity contribution in [3.05, 3.63) is 11.4 Å². The van der Waals surface area contributed by atoms with E-state index < -0.39 is 0 Å². The summed E-state index contributed by atoms with van der Waals surface area (Å²) in [5.74, 6) is 1.53. The van der Waals surface area contributed by atoms with E-state index >= 15 is 0 Å². The number of anilines is 1. The molecule has 5 nitrogen and oxygen atoms in total. The molecule has 1 aromatic heterocycles. The number of aromatic nitrogens is 3. The van der Waals surface area contributed by atoms with Gasteiger partial charge in [-0.3, -0.25) is 0 Å². The van der Waals surface area contributed by atoms with Crippen molar-refractivity contribution >= 4 is 5.95 Å². The van der Waals surface area contributed by atoms with Crippen molar-refractivity contribution < 1.29 is 0 Å². The highest BCUT2D eigenvalue weighted by molar-refractivity contribution is 5.32. The van der Waals surface area contributed by atoms with Gasteiger partial charge >= 0.3 is 0 Å². The quantitative estimate of drug-likeness (QED) is 0.878. The van der Waals surface area contributed by atoms with Gasteiger partial charge in [0.25, 0.3) is 0 Å². The van der Waals surface area contributed by atoms with E-state index in [9.17, 15) is 0 Å². The predicted molar refractivity (Wildman–Crippen MR) is 72.5 cm³/mol. The number of nitrogens with two attached hydrogens (primary N) is 1. The summed E-state index contributed by atoms with van der Waals surface area (Å²) in [6, 6.07) is 0.354. The maximum Gasteiger partial charge on any atom is 0.245 e. The standard InChI is InChI=1S/C13H23N5/c1-4-11-5-6-18(12(7-11)8-14)13-15-9(2)10(3)16-17-13/h11-12H,4-8,14H2,1-3H3. The average Bonchev–Trinajstić information content (AvgIpc) is 2.41. The van der Waals surface area contributed by atoms with Gasteiger partial charge in [-0.25, -0.2) is 4.98 Å². The fraction of sp³-hybridized carbons (Fsp3) is 0.769. The fourth-order valence-electron chi connectivity index (χ4n) is 2.56. The lowest BCUT2D eigenvalue weighted by Gasteiger charge is -2.38. The molecule has 0 bridgehead atoms. The van der Waals surface area contributed by atoms with Crippen molar-refractivity contribution in [3.8, 4) is 0 Å². The highest BCUT2D eigenvalue weighted by Gasteiger charge is 2.28. The van der Waals surface area contributed by atoms with Crippen LogP contribution in [0, 0.1) is 19.8 Å². The van der Waals surface area contributed by atoms with Gasteiger partial charge in [-0.2, -0.15) is 5.10 Å². The predicted octanol–water partition coefficient (Wildman–Crippen LogP) is 1.44. The minimum Gasteiger partial charge on any atom is -0.335 e. The van der Waals surface area contributed by atoms with E-state index in [0.717, 1.165) is 36.2 Å². The van der Waals surface area contributed by atoms with Crippen molar-refractivity contribution in [3.63, 3.8) is 0 Å². The normalized spacial score (nSPS) is 24.3. The Labute approximate surface area is 109 Å². The summed E-state index contributed by atoms with van der Waals surface area (Å²) in [4.78, 5) is 6.77. The molecule has 2 N–H and O–H groups in total. The second-order valence-corrected chi connectivity index (χ2v) is 5.16. The van der Waals surface area contributed by atoms with Gasteiger partial charge in [-0.15, -0.1) is 5.10 Å². The molecule has 100 valence electrons. The van der Waals surface area contributed by atoms with Crippen LogP contribution in [-0.2, 0) is 0 Å². The number of nitrogens with zero attached hydrogens (tertiary/aromatic N) is 4. The molecule has 0 radical (unpaired) electrons. The second kappa shape index (κ2) is 5.61. The molecule has 1 saturated heterocycles. The molecule has 2 heterocycles. The van der Waals surface area contributed by atoms with Crippen molar-refractivity contribution in [1.82, 2.24) is 15.2 Å². The summed E-state index contributed by atoms with van der Waals surface area (Å²) >= 11 is 0. The summed E-state index contributed by atoms with van der Waals surface area (Å²) in [7, 11) is 0. The fourth-order valence-corrected chi connectivity index (χ4v) is 2.56. The van der Waals surface area contributed by atoms with E-state index in [1.165, 1.54) is 12.8 Å². The Bertz CT molecular complexity index is 406. The lowest BCUT2D eigenvalue weighted by atomic mass is 9.89. The molecular formula is C13H23N5. The first kappa shape index (κ1) is 13.2. The third kappa shape index (κ3) is 2.61. The molecule has 5 heteroatoms. The Morgan fingerprint density at radius 3 is 2.67 bits per heavy atom. The number of rotatable bonds is 3. The van der Waals surface area contributed by atoms with Crippen molar-refractivity contribution in [2.24, 2.45) is 11.7 Å². The zero-order chi connectivity index (χ0) is 13.1. The molecule has 1 aromatic rings. The number of aryl methyl sites for hydroxylation is 2. The van der Waals surface area contributed by atoms with Crippen LogP contribution in [0.4, 0.5) is 5.95 Å². The Hall–Kier alpha value is -1.23. The number of hydrogen-bond donors (Lipinski definition) is 1. The molecule has 2 atom stereocenters. The molecule has 0 aromatic carbocycles. The van der Waals surface area contributed by atoms with E-state index in [2.05, 4.69) is 27.0 Å². The zero-order valence-corrected chi connectivity index (χ0v) is 11.6. The summed E-state index contributed by atoms with van der Waals surface area (Å²) in [5, 5.41) is 8.39. The van der Waals surface area contributed by atoms with Gasteiger partial charge in [0.15, 0.2) is 0 Å². The summed E-state index contributed by atoms with van der Waals surface area (Å²) in [5.41, 5.74) is 7.75. The van der Waals surface area contributed by atoms with E-state index in [1.807, 2.05) is 13.8 Å². The van der Waals surface area contributed by atoms with Crippen LogP contribution in [-0.4, -0.2) is 34.3 Å². The molecule has 2 unspecified atom stereocenters. The summed E-state index contributed by atoms with van der Waals surface area (Å²) in [6.07, 6.45) is 3.57. The van der Waals surface area contributed by atoms with Crippen molar-refractivity contribution in [2.75, 3.05) is 18.0 Å². The third-order valence-electron chi connectivity index (χ3n) is 4.01.